The first-order chi connectivity index (χ1) is 6.46. The minimum absolute atomic E-state index is 0.0442. The summed E-state index contributed by atoms with van der Waals surface area (Å²) in [6, 6.07) is 0. The van der Waals surface area contributed by atoms with Gasteiger partial charge in [-0.25, -0.2) is 0 Å². The van der Waals surface area contributed by atoms with Crippen molar-refractivity contribution in [2.45, 2.75) is 24.7 Å². The predicted octanol–water partition coefficient (Wildman–Crippen LogP) is 0.218. The summed E-state index contributed by atoms with van der Waals surface area (Å²) in [5.74, 6) is -0.142. The quantitative estimate of drug-likeness (QED) is 0.672. The van der Waals surface area contributed by atoms with Crippen molar-refractivity contribution in [3.8, 4) is 0 Å². The number of hydrogen-bond donors (Lipinski definition) is 2. The molecule has 0 saturated carbocycles. The Bertz CT molecular complexity index is 182. The summed E-state index contributed by atoms with van der Waals surface area (Å²) in [7, 11) is 1.48. The number of hydrogen-bond acceptors (Lipinski definition) is 4. The van der Waals surface area contributed by atoms with Crippen molar-refractivity contribution < 1.29 is 9.53 Å². The summed E-state index contributed by atoms with van der Waals surface area (Å²) < 4.78 is 4.96. The second kappa shape index (κ2) is 6.27. The van der Waals surface area contributed by atoms with Crippen LogP contribution in [-0.2, 0) is 9.53 Å². The second-order valence-electron chi connectivity index (χ2n) is 3.64. The van der Waals surface area contributed by atoms with E-state index in [1.54, 1.807) is 11.8 Å². The number of methoxy groups -OCH3 is 1. The Morgan fingerprint density at radius 2 is 2.21 bits per heavy atom. The van der Waals surface area contributed by atoms with Crippen molar-refractivity contribution in [2.24, 2.45) is 5.73 Å². The lowest BCUT2D eigenvalue weighted by molar-refractivity contribution is -0.130. The minimum atomic E-state index is -0.535. The summed E-state index contributed by atoms with van der Waals surface area (Å²) in [5, 5.41) is 2.81. The molecule has 0 aromatic carbocycles. The van der Waals surface area contributed by atoms with E-state index >= 15 is 0 Å². The Balaban J connectivity index is 3.95. The first-order valence-electron chi connectivity index (χ1n) is 4.52. The minimum Gasteiger partial charge on any atom is -0.370 e. The Morgan fingerprint density at radius 1 is 1.64 bits per heavy atom. The Hall–Kier alpha value is -0.260. The molecule has 0 rings (SSSR count). The van der Waals surface area contributed by atoms with E-state index in [0.29, 0.717) is 6.54 Å². The van der Waals surface area contributed by atoms with Gasteiger partial charge in [0.15, 0.2) is 0 Å². The number of nitrogens with one attached hydrogen (secondary N) is 1. The van der Waals surface area contributed by atoms with E-state index in [1.807, 2.05) is 6.26 Å². The third-order valence-corrected chi connectivity index (χ3v) is 3.28. The zero-order valence-electron chi connectivity index (χ0n) is 9.29. The Labute approximate surface area is 89.9 Å². The molecule has 0 saturated heterocycles. The SMILES string of the molecule is COC(CN)C(=O)NCC(C)(C)SC. The lowest BCUT2D eigenvalue weighted by Gasteiger charge is -2.23. The average molecular weight is 220 g/mol. The van der Waals surface area contributed by atoms with Gasteiger partial charge >= 0.3 is 0 Å². The zero-order chi connectivity index (χ0) is 11.2. The van der Waals surface area contributed by atoms with E-state index in [0.717, 1.165) is 0 Å². The molecule has 5 heteroatoms. The van der Waals surface area contributed by atoms with Crippen LogP contribution in [0.1, 0.15) is 13.8 Å². The molecule has 0 bridgehead atoms. The van der Waals surface area contributed by atoms with Crippen LogP contribution in [0, 0.1) is 0 Å². The van der Waals surface area contributed by atoms with Gasteiger partial charge in [-0.1, -0.05) is 0 Å². The van der Waals surface area contributed by atoms with E-state index in [2.05, 4.69) is 19.2 Å². The van der Waals surface area contributed by atoms with Crippen LogP contribution in [0.4, 0.5) is 0 Å². The molecule has 0 aliphatic carbocycles. The molecule has 0 aromatic rings. The summed E-state index contributed by atoms with van der Waals surface area (Å²) in [4.78, 5) is 11.4. The molecule has 1 atom stereocenters. The first-order valence-corrected chi connectivity index (χ1v) is 5.75. The highest BCUT2D eigenvalue weighted by Gasteiger charge is 2.20. The van der Waals surface area contributed by atoms with E-state index < -0.39 is 6.10 Å². The molecule has 84 valence electrons. The lowest BCUT2D eigenvalue weighted by atomic mass is 10.2. The molecule has 0 aliphatic rings. The van der Waals surface area contributed by atoms with Crippen LogP contribution < -0.4 is 11.1 Å². The summed E-state index contributed by atoms with van der Waals surface area (Å²) in [6.07, 6.45) is 1.48. The number of thioether (sulfide) groups is 1. The van der Waals surface area contributed by atoms with Gasteiger partial charge in [-0.3, -0.25) is 4.79 Å². The Morgan fingerprint density at radius 3 is 2.57 bits per heavy atom. The third kappa shape index (κ3) is 4.83. The molecule has 0 fully saturated rings. The largest absolute Gasteiger partial charge is 0.370 e. The number of carbonyl (C=O) groups excluding carboxylic acids is 1. The Kier molecular flexibility index (Phi) is 6.15. The number of nitrogens with two attached hydrogens (primary N) is 1. The molecule has 0 aromatic heterocycles. The van der Waals surface area contributed by atoms with E-state index in [-0.39, 0.29) is 17.2 Å². The maximum atomic E-state index is 11.4. The normalized spacial score (nSPS) is 13.8. The molecule has 0 heterocycles. The number of amides is 1. The molecular formula is C9H20N2O2S. The van der Waals surface area contributed by atoms with Crippen molar-refractivity contribution in [3.05, 3.63) is 0 Å². The van der Waals surface area contributed by atoms with Crippen molar-refractivity contribution in [2.75, 3.05) is 26.5 Å². The molecule has 0 aliphatic heterocycles. The van der Waals surface area contributed by atoms with E-state index in [1.165, 1.54) is 7.11 Å². The first kappa shape index (κ1) is 13.7. The fraction of sp³-hybridized carbons (Fsp3) is 0.889. The number of ether oxygens (including phenoxy) is 1. The van der Waals surface area contributed by atoms with Gasteiger partial charge in [0.25, 0.3) is 0 Å². The van der Waals surface area contributed by atoms with Crippen LogP contribution in [0.5, 0.6) is 0 Å². The summed E-state index contributed by atoms with van der Waals surface area (Å²) in [6.45, 7) is 4.97. The average Bonchev–Trinajstić information content (AvgIpc) is 2.17. The number of carbonyl (C=O) groups is 1. The van der Waals surface area contributed by atoms with Gasteiger partial charge < -0.3 is 15.8 Å². The lowest BCUT2D eigenvalue weighted by Crippen LogP contribution is -2.44. The summed E-state index contributed by atoms with van der Waals surface area (Å²) in [5.41, 5.74) is 5.36. The van der Waals surface area contributed by atoms with Crippen molar-refractivity contribution in [3.63, 3.8) is 0 Å². The van der Waals surface area contributed by atoms with Gasteiger partial charge in [-0.05, 0) is 20.1 Å². The molecule has 1 unspecified atom stereocenters. The van der Waals surface area contributed by atoms with Gasteiger partial charge in [0.05, 0.1) is 0 Å². The molecule has 3 N–H and O–H groups in total. The molecule has 0 radical (unpaired) electrons. The molecule has 14 heavy (non-hydrogen) atoms. The topological polar surface area (TPSA) is 64.3 Å². The standard InChI is InChI=1S/C9H20N2O2S/c1-9(2,14-4)6-11-8(12)7(5-10)13-3/h7H,5-6,10H2,1-4H3,(H,11,12). The highest BCUT2D eigenvalue weighted by Crippen LogP contribution is 2.19. The van der Waals surface area contributed by atoms with Crippen molar-refractivity contribution in [1.82, 2.24) is 5.32 Å². The fourth-order valence-corrected chi connectivity index (χ4v) is 1.01. The van der Waals surface area contributed by atoms with Crippen LogP contribution in [0.2, 0.25) is 0 Å². The third-order valence-electron chi connectivity index (χ3n) is 2.03. The maximum Gasteiger partial charge on any atom is 0.250 e. The van der Waals surface area contributed by atoms with Crippen molar-refractivity contribution in [1.29, 1.82) is 0 Å². The van der Waals surface area contributed by atoms with Gasteiger partial charge in [0.2, 0.25) is 5.91 Å². The zero-order valence-corrected chi connectivity index (χ0v) is 10.1. The van der Waals surface area contributed by atoms with Crippen molar-refractivity contribution >= 4 is 17.7 Å². The van der Waals surface area contributed by atoms with Gasteiger partial charge in [-0.15, -0.1) is 0 Å². The summed E-state index contributed by atoms with van der Waals surface area (Å²) >= 11 is 1.71. The fourth-order valence-electron chi connectivity index (χ4n) is 0.796. The molecule has 0 spiro atoms. The molecule has 1 amide bonds. The number of rotatable bonds is 6. The second-order valence-corrected chi connectivity index (χ2v) is 5.16. The van der Waals surface area contributed by atoms with Crippen LogP contribution in [0.3, 0.4) is 0 Å². The highest BCUT2D eigenvalue weighted by atomic mass is 32.2. The van der Waals surface area contributed by atoms with E-state index in [9.17, 15) is 4.79 Å². The van der Waals surface area contributed by atoms with Crippen LogP contribution in [-0.4, -0.2) is 43.2 Å². The van der Waals surface area contributed by atoms with Gasteiger partial charge in [0.1, 0.15) is 6.10 Å². The maximum absolute atomic E-state index is 11.4. The van der Waals surface area contributed by atoms with Crippen LogP contribution in [0.15, 0.2) is 0 Å². The predicted molar refractivity (Wildman–Crippen MR) is 60.5 cm³/mol. The van der Waals surface area contributed by atoms with Crippen LogP contribution >= 0.6 is 11.8 Å². The van der Waals surface area contributed by atoms with Gasteiger partial charge in [-0.2, -0.15) is 11.8 Å². The molecule has 4 nitrogen and oxygen atoms in total. The molecular weight excluding hydrogens is 200 g/mol. The van der Waals surface area contributed by atoms with E-state index in [4.69, 9.17) is 10.5 Å². The highest BCUT2D eigenvalue weighted by molar-refractivity contribution is 7.99. The monoisotopic (exact) mass is 220 g/mol. The van der Waals surface area contributed by atoms with Gasteiger partial charge in [0, 0.05) is 24.9 Å². The smallest absolute Gasteiger partial charge is 0.250 e. The van der Waals surface area contributed by atoms with Crippen LogP contribution in [0.25, 0.3) is 0 Å².